The van der Waals surface area contributed by atoms with E-state index < -0.39 is 12.1 Å². The number of aromatic nitrogens is 2. The maximum atomic E-state index is 13.3. The van der Waals surface area contributed by atoms with Crippen molar-refractivity contribution >= 4 is 50.6 Å². The lowest BCUT2D eigenvalue weighted by Gasteiger charge is -2.17. The van der Waals surface area contributed by atoms with Gasteiger partial charge in [-0.15, -0.1) is 0 Å². The maximum absolute atomic E-state index is 13.3. The molecular weight excluding hydrogens is 538 g/mol. The van der Waals surface area contributed by atoms with Gasteiger partial charge >= 0.3 is 5.97 Å². The van der Waals surface area contributed by atoms with Crippen molar-refractivity contribution in [1.82, 2.24) is 9.66 Å². The molecular formula is C25H27BrClN3O5. The lowest BCUT2D eigenvalue weighted by molar-refractivity contribution is -0.147. The first kappa shape index (κ1) is 26.7. The Balaban J connectivity index is 2.09. The molecule has 0 bridgehead atoms. The van der Waals surface area contributed by atoms with Gasteiger partial charge in [0.1, 0.15) is 5.82 Å². The zero-order chi connectivity index (χ0) is 25.7. The molecule has 0 spiro atoms. The van der Waals surface area contributed by atoms with E-state index in [1.165, 1.54) is 18.0 Å². The van der Waals surface area contributed by atoms with E-state index in [0.29, 0.717) is 34.6 Å². The summed E-state index contributed by atoms with van der Waals surface area (Å²) in [6.07, 6.45) is 1.42. The first-order valence-corrected chi connectivity index (χ1v) is 12.3. The molecule has 2 aromatic carbocycles. The SMILES string of the molecule is CCOc1cc(C=Nn2c([C@H](C)CC)nc3ccc(Br)cc3c2=O)cc(Cl)c1O[C@H](C)C(=O)OC. The highest BCUT2D eigenvalue weighted by Gasteiger charge is 2.21. The van der Waals surface area contributed by atoms with Crippen molar-refractivity contribution in [2.75, 3.05) is 13.7 Å². The molecule has 0 aliphatic heterocycles. The summed E-state index contributed by atoms with van der Waals surface area (Å²) in [6.45, 7) is 7.75. The van der Waals surface area contributed by atoms with Crippen LogP contribution in [0.2, 0.25) is 5.02 Å². The molecule has 186 valence electrons. The number of benzene rings is 2. The number of fused-ring (bicyclic) bond motifs is 1. The molecule has 0 saturated carbocycles. The van der Waals surface area contributed by atoms with E-state index in [1.807, 2.05) is 32.9 Å². The van der Waals surface area contributed by atoms with E-state index in [2.05, 4.69) is 21.0 Å². The molecule has 35 heavy (non-hydrogen) atoms. The Hall–Kier alpha value is -2.91. The molecule has 0 amide bonds. The van der Waals surface area contributed by atoms with Gasteiger partial charge in [0.25, 0.3) is 5.56 Å². The second-order valence-electron chi connectivity index (χ2n) is 7.85. The smallest absolute Gasteiger partial charge is 0.346 e. The van der Waals surface area contributed by atoms with Crippen LogP contribution in [0.3, 0.4) is 0 Å². The van der Waals surface area contributed by atoms with E-state index in [-0.39, 0.29) is 22.2 Å². The van der Waals surface area contributed by atoms with Crippen LogP contribution in [0.15, 0.2) is 44.7 Å². The van der Waals surface area contributed by atoms with Gasteiger partial charge in [0.15, 0.2) is 17.6 Å². The number of halogens is 2. The van der Waals surface area contributed by atoms with Crippen LogP contribution in [-0.2, 0) is 9.53 Å². The molecule has 0 radical (unpaired) electrons. The predicted molar refractivity (Wildman–Crippen MR) is 140 cm³/mol. The first-order chi connectivity index (χ1) is 16.7. The average molecular weight is 565 g/mol. The van der Waals surface area contributed by atoms with Crippen molar-refractivity contribution in [2.45, 2.75) is 46.1 Å². The second-order valence-corrected chi connectivity index (χ2v) is 9.17. The van der Waals surface area contributed by atoms with Crippen molar-refractivity contribution in [3.05, 3.63) is 61.6 Å². The summed E-state index contributed by atoms with van der Waals surface area (Å²) in [4.78, 5) is 29.8. The van der Waals surface area contributed by atoms with E-state index in [1.54, 1.807) is 25.1 Å². The van der Waals surface area contributed by atoms with E-state index in [9.17, 15) is 9.59 Å². The van der Waals surface area contributed by atoms with Crippen molar-refractivity contribution in [3.63, 3.8) is 0 Å². The van der Waals surface area contributed by atoms with Gasteiger partial charge in [-0.2, -0.15) is 9.78 Å². The number of methoxy groups -OCH3 is 1. The number of rotatable bonds is 9. The number of ether oxygens (including phenoxy) is 3. The van der Waals surface area contributed by atoms with Gasteiger partial charge in [-0.25, -0.2) is 9.78 Å². The normalized spacial score (nSPS) is 13.1. The van der Waals surface area contributed by atoms with Crippen LogP contribution in [0.25, 0.3) is 10.9 Å². The van der Waals surface area contributed by atoms with Crippen molar-refractivity contribution in [3.8, 4) is 11.5 Å². The lowest BCUT2D eigenvalue weighted by atomic mass is 10.1. The highest BCUT2D eigenvalue weighted by Crippen LogP contribution is 2.37. The van der Waals surface area contributed by atoms with E-state index in [0.717, 1.165) is 10.9 Å². The Morgan fingerprint density at radius 2 is 2.00 bits per heavy atom. The molecule has 10 heteroatoms. The lowest BCUT2D eigenvalue weighted by Crippen LogP contribution is -2.25. The fourth-order valence-electron chi connectivity index (χ4n) is 3.33. The van der Waals surface area contributed by atoms with Gasteiger partial charge in [-0.05, 0) is 56.2 Å². The number of carbonyl (C=O) groups is 1. The Morgan fingerprint density at radius 1 is 1.26 bits per heavy atom. The van der Waals surface area contributed by atoms with Gasteiger partial charge in [0.05, 0.1) is 35.9 Å². The first-order valence-electron chi connectivity index (χ1n) is 11.2. The fraction of sp³-hybridized carbons (Fsp3) is 0.360. The minimum atomic E-state index is -0.879. The Labute approximate surface area is 217 Å². The second kappa shape index (κ2) is 11.7. The Bertz CT molecular complexity index is 1320. The Kier molecular flexibility index (Phi) is 8.91. The summed E-state index contributed by atoms with van der Waals surface area (Å²) >= 11 is 9.88. The van der Waals surface area contributed by atoms with Gasteiger partial charge in [-0.3, -0.25) is 4.79 Å². The fourth-order valence-corrected chi connectivity index (χ4v) is 3.96. The molecule has 0 unspecified atom stereocenters. The van der Waals surface area contributed by atoms with Crippen LogP contribution in [-0.4, -0.2) is 41.7 Å². The Morgan fingerprint density at radius 3 is 2.66 bits per heavy atom. The van der Waals surface area contributed by atoms with Crippen LogP contribution in [0.4, 0.5) is 0 Å². The third-order valence-electron chi connectivity index (χ3n) is 5.37. The number of esters is 1. The quantitative estimate of drug-likeness (QED) is 0.250. The van der Waals surface area contributed by atoms with E-state index >= 15 is 0 Å². The number of hydrogen-bond donors (Lipinski definition) is 0. The van der Waals surface area contributed by atoms with Gasteiger partial charge in [0.2, 0.25) is 0 Å². The molecule has 0 N–H and O–H groups in total. The monoisotopic (exact) mass is 563 g/mol. The van der Waals surface area contributed by atoms with Gasteiger partial charge < -0.3 is 14.2 Å². The minimum absolute atomic E-state index is 0.00561. The molecule has 3 aromatic rings. The molecule has 1 aromatic heterocycles. The van der Waals surface area contributed by atoms with Gasteiger partial charge in [-0.1, -0.05) is 41.4 Å². The minimum Gasteiger partial charge on any atom is -0.490 e. The summed E-state index contributed by atoms with van der Waals surface area (Å²) in [5.74, 6) is 0.588. The van der Waals surface area contributed by atoms with Crippen LogP contribution in [0.5, 0.6) is 11.5 Å². The third kappa shape index (κ3) is 6.02. The molecule has 2 atom stereocenters. The largest absolute Gasteiger partial charge is 0.490 e. The molecule has 1 heterocycles. The number of carbonyl (C=O) groups excluding carboxylic acids is 1. The van der Waals surface area contributed by atoms with Crippen LogP contribution in [0, 0.1) is 0 Å². The van der Waals surface area contributed by atoms with Crippen LogP contribution < -0.4 is 15.0 Å². The highest BCUT2D eigenvalue weighted by molar-refractivity contribution is 9.10. The zero-order valence-corrected chi connectivity index (χ0v) is 22.5. The molecule has 0 aliphatic rings. The van der Waals surface area contributed by atoms with E-state index in [4.69, 9.17) is 30.8 Å². The average Bonchev–Trinajstić information content (AvgIpc) is 2.84. The summed E-state index contributed by atoms with van der Waals surface area (Å²) < 4.78 is 18.2. The maximum Gasteiger partial charge on any atom is 0.346 e. The van der Waals surface area contributed by atoms with Crippen LogP contribution >= 0.6 is 27.5 Å². The molecule has 0 saturated heterocycles. The molecule has 0 fully saturated rings. The van der Waals surface area contributed by atoms with Crippen LogP contribution in [0.1, 0.15) is 51.4 Å². The number of hydrogen-bond acceptors (Lipinski definition) is 7. The zero-order valence-electron chi connectivity index (χ0n) is 20.2. The third-order valence-corrected chi connectivity index (χ3v) is 6.14. The molecule has 3 rings (SSSR count). The molecule has 8 nitrogen and oxygen atoms in total. The van der Waals surface area contributed by atoms with Crippen molar-refractivity contribution in [1.29, 1.82) is 0 Å². The van der Waals surface area contributed by atoms with Crippen molar-refractivity contribution < 1.29 is 19.0 Å². The topological polar surface area (TPSA) is 92.0 Å². The van der Waals surface area contributed by atoms with Crippen molar-refractivity contribution in [2.24, 2.45) is 5.10 Å². The predicted octanol–water partition coefficient (Wildman–Crippen LogP) is 5.55. The summed E-state index contributed by atoms with van der Waals surface area (Å²) in [5.41, 5.74) is 0.918. The number of nitrogens with zero attached hydrogens (tertiary/aromatic N) is 3. The summed E-state index contributed by atoms with van der Waals surface area (Å²) in [5, 5.41) is 5.15. The summed E-state index contributed by atoms with van der Waals surface area (Å²) in [7, 11) is 1.28. The van der Waals surface area contributed by atoms with Gasteiger partial charge in [0, 0.05) is 10.4 Å². The molecule has 0 aliphatic carbocycles. The summed E-state index contributed by atoms with van der Waals surface area (Å²) in [6, 6.07) is 8.69. The standard InChI is InChI=1S/C25H27BrClN3O5/c1-6-14(3)23-29-20-9-8-17(26)12-18(20)24(31)30(23)28-13-16-10-19(27)22(21(11-16)34-7-2)35-15(4)25(32)33-5/h8-15H,6-7H2,1-5H3/t14-,15-/m1/s1. The highest BCUT2D eigenvalue weighted by atomic mass is 79.9.